The fraction of sp³-hybridized carbons (Fsp3) is 0.533. The standard InChI is InChI=1S/C15H21Cl2NO3/c1-10(2)6-7-14(20)18-8-11(19)9-21-13-5-3-4-12(16)15(13)17/h3-5,10-11,19H,6-9H2,1-2H3,(H,18,20). The Bertz CT molecular complexity index is 466. The molecule has 1 aromatic carbocycles. The number of benzene rings is 1. The molecule has 0 spiro atoms. The number of aliphatic hydroxyl groups is 1. The van der Waals surface area contributed by atoms with Gasteiger partial charge in [-0.15, -0.1) is 0 Å². The zero-order valence-electron chi connectivity index (χ0n) is 12.2. The highest BCUT2D eigenvalue weighted by atomic mass is 35.5. The highest BCUT2D eigenvalue weighted by molar-refractivity contribution is 6.42. The second-order valence-corrected chi connectivity index (χ2v) is 6.04. The van der Waals surface area contributed by atoms with E-state index < -0.39 is 6.10 Å². The van der Waals surface area contributed by atoms with Crippen molar-refractivity contribution in [2.75, 3.05) is 13.2 Å². The molecule has 1 atom stereocenters. The van der Waals surface area contributed by atoms with Crippen LogP contribution in [0.2, 0.25) is 10.0 Å². The molecule has 0 saturated carbocycles. The molecule has 2 N–H and O–H groups in total. The molecule has 0 aliphatic heterocycles. The lowest BCUT2D eigenvalue weighted by Gasteiger charge is -2.14. The predicted octanol–water partition coefficient (Wildman–Crippen LogP) is 3.29. The molecule has 0 aliphatic carbocycles. The van der Waals surface area contributed by atoms with E-state index in [0.29, 0.717) is 28.1 Å². The summed E-state index contributed by atoms with van der Waals surface area (Å²) in [5.74, 6) is 0.826. The molecule has 0 aliphatic rings. The molecule has 1 amide bonds. The van der Waals surface area contributed by atoms with Crippen molar-refractivity contribution < 1.29 is 14.6 Å². The van der Waals surface area contributed by atoms with Gasteiger partial charge in [0.25, 0.3) is 0 Å². The first-order valence-corrected chi connectivity index (χ1v) is 7.67. The number of aliphatic hydroxyl groups excluding tert-OH is 1. The molecular weight excluding hydrogens is 313 g/mol. The van der Waals surface area contributed by atoms with Crippen LogP contribution in [0, 0.1) is 5.92 Å². The van der Waals surface area contributed by atoms with E-state index in [1.807, 2.05) is 0 Å². The van der Waals surface area contributed by atoms with Crippen LogP contribution in [-0.2, 0) is 4.79 Å². The van der Waals surface area contributed by atoms with Crippen LogP contribution in [0.25, 0.3) is 0 Å². The van der Waals surface area contributed by atoms with Crippen molar-refractivity contribution in [1.29, 1.82) is 0 Å². The van der Waals surface area contributed by atoms with Gasteiger partial charge in [-0.25, -0.2) is 0 Å². The Morgan fingerprint density at radius 1 is 1.38 bits per heavy atom. The van der Waals surface area contributed by atoms with Crippen molar-refractivity contribution in [2.45, 2.75) is 32.8 Å². The third kappa shape index (κ3) is 7.02. The first-order valence-electron chi connectivity index (χ1n) is 6.91. The van der Waals surface area contributed by atoms with Crippen LogP contribution >= 0.6 is 23.2 Å². The first-order chi connectivity index (χ1) is 9.90. The van der Waals surface area contributed by atoms with Gasteiger partial charge in [0.15, 0.2) is 0 Å². The summed E-state index contributed by atoms with van der Waals surface area (Å²) >= 11 is 11.8. The van der Waals surface area contributed by atoms with E-state index in [1.54, 1.807) is 18.2 Å². The first kappa shape index (κ1) is 18.1. The average molecular weight is 334 g/mol. The molecule has 1 rings (SSSR count). The van der Waals surface area contributed by atoms with Crippen molar-refractivity contribution in [3.05, 3.63) is 28.2 Å². The third-order valence-corrected chi connectivity index (χ3v) is 3.63. The number of nitrogens with one attached hydrogen (secondary N) is 1. The lowest BCUT2D eigenvalue weighted by molar-refractivity contribution is -0.121. The second-order valence-electron chi connectivity index (χ2n) is 5.25. The summed E-state index contributed by atoms with van der Waals surface area (Å²) in [6.45, 7) is 4.30. The molecule has 1 unspecified atom stereocenters. The van der Waals surface area contributed by atoms with E-state index >= 15 is 0 Å². The van der Waals surface area contributed by atoms with Crippen LogP contribution in [0.5, 0.6) is 5.75 Å². The Morgan fingerprint density at radius 3 is 2.76 bits per heavy atom. The topological polar surface area (TPSA) is 58.6 Å². The number of hydrogen-bond acceptors (Lipinski definition) is 3. The Hall–Kier alpha value is -0.970. The maximum Gasteiger partial charge on any atom is 0.220 e. The molecule has 4 nitrogen and oxygen atoms in total. The van der Waals surface area contributed by atoms with Gasteiger partial charge in [0.1, 0.15) is 23.5 Å². The van der Waals surface area contributed by atoms with Crippen LogP contribution in [0.3, 0.4) is 0 Å². The van der Waals surface area contributed by atoms with Crippen LogP contribution in [-0.4, -0.2) is 30.3 Å². The van der Waals surface area contributed by atoms with Gasteiger partial charge in [-0.1, -0.05) is 43.1 Å². The van der Waals surface area contributed by atoms with Crippen molar-refractivity contribution in [3.8, 4) is 5.75 Å². The van der Waals surface area contributed by atoms with Gasteiger partial charge in [-0.3, -0.25) is 4.79 Å². The van der Waals surface area contributed by atoms with E-state index in [2.05, 4.69) is 19.2 Å². The van der Waals surface area contributed by atoms with E-state index in [4.69, 9.17) is 27.9 Å². The lowest BCUT2D eigenvalue weighted by Crippen LogP contribution is -2.35. The molecular formula is C15H21Cl2NO3. The van der Waals surface area contributed by atoms with Gasteiger partial charge in [0.05, 0.1) is 5.02 Å². The van der Waals surface area contributed by atoms with E-state index in [9.17, 15) is 9.90 Å². The number of carbonyl (C=O) groups is 1. The minimum Gasteiger partial charge on any atom is -0.489 e. The van der Waals surface area contributed by atoms with Gasteiger partial charge in [0, 0.05) is 13.0 Å². The van der Waals surface area contributed by atoms with Gasteiger partial charge >= 0.3 is 0 Å². The number of rotatable bonds is 8. The van der Waals surface area contributed by atoms with Crippen molar-refractivity contribution >= 4 is 29.1 Å². The molecule has 1 aromatic rings. The molecule has 0 fully saturated rings. The van der Waals surface area contributed by atoms with E-state index in [0.717, 1.165) is 6.42 Å². The number of halogens is 2. The molecule has 0 bridgehead atoms. The summed E-state index contributed by atoms with van der Waals surface area (Å²) in [5, 5.41) is 13.2. The van der Waals surface area contributed by atoms with Crippen molar-refractivity contribution in [3.63, 3.8) is 0 Å². The summed E-state index contributed by atoms with van der Waals surface area (Å²) in [5.41, 5.74) is 0. The van der Waals surface area contributed by atoms with Crippen molar-refractivity contribution in [2.24, 2.45) is 5.92 Å². The number of ether oxygens (including phenoxy) is 1. The van der Waals surface area contributed by atoms with Crippen molar-refractivity contribution in [1.82, 2.24) is 5.32 Å². The molecule has 0 radical (unpaired) electrons. The van der Waals surface area contributed by atoms with Crippen LogP contribution < -0.4 is 10.1 Å². The minimum absolute atomic E-state index is 0.0323. The van der Waals surface area contributed by atoms with Crippen LogP contribution in [0.4, 0.5) is 0 Å². The molecule has 118 valence electrons. The summed E-state index contributed by atoms with van der Waals surface area (Å²) in [7, 11) is 0. The summed E-state index contributed by atoms with van der Waals surface area (Å²) in [6, 6.07) is 5.04. The SMILES string of the molecule is CC(C)CCC(=O)NCC(O)COc1cccc(Cl)c1Cl. The summed E-state index contributed by atoms with van der Waals surface area (Å²) in [4.78, 5) is 11.5. The quantitative estimate of drug-likeness (QED) is 0.767. The number of amides is 1. The monoisotopic (exact) mass is 333 g/mol. The Labute approximate surface area is 135 Å². The Morgan fingerprint density at radius 2 is 2.10 bits per heavy atom. The van der Waals surface area contributed by atoms with Crippen LogP contribution in [0.1, 0.15) is 26.7 Å². The van der Waals surface area contributed by atoms with Gasteiger partial charge in [-0.2, -0.15) is 0 Å². The van der Waals surface area contributed by atoms with E-state index in [-0.39, 0.29) is 19.1 Å². The normalized spacial score (nSPS) is 12.3. The molecule has 0 saturated heterocycles. The highest BCUT2D eigenvalue weighted by Crippen LogP contribution is 2.31. The smallest absolute Gasteiger partial charge is 0.220 e. The molecule has 0 heterocycles. The fourth-order valence-electron chi connectivity index (χ4n) is 1.58. The van der Waals surface area contributed by atoms with Gasteiger partial charge in [-0.05, 0) is 24.5 Å². The lowest BCUT2D eigenvalue weighted by atomic mass is 10.1. The Kier molecular flexibility index (Phi) is 7.86. The average Bonchev–Trinajstić information content (AvgIpc) is 2.44. The number of carbonyl (C=O) groups excluding carboxylic acids is 1. The fourth-order valence-corrected chi connectivity index (χ4v) is 1.93. The van der Waals surface area contributed by atoms with E-state index in [1.165, 1.54) is 0 Å². The minimum atomic E-state index is -0.803. The molecule has 0 aromatic heterocycles. The van der Waals surface area contributed by atoms with Crippen LogP contribution in [0.15, 0.2) is 18.2 Å². The predicted molar refractivity (Wildman–Crippen MR) is 85.0 cm³/mol. The zero-order valence-corrected chi connectivity index (χ0v) is 13.7. The largest absolute Gasteiger partial charge is 0.489 e. The van der Waals surface area contributed by atoms with Gasteiger partial charge < -0.3 is 15.2 Å². The van der Waals surface area contributed by atoms with Gasteiger partial charge in [0.2, 0.25) is 5.91 Å². The maximum atomic E-state index is 11.5. The highest BCUT2D eigenvalue weighted by Gasteiger charge is 2.11. The summed E-state index contributed by atoms with van der Waals surface area (Å²) in [6.07, 6.45) is 0.491. The maximum absolute atomic E-state index is 11.5. The molecule has 21 heavy (non-hydrogen) atoms. The molecule has 6 heteroatoms. The zero-order chi connectivity index (χ0) is 15.8. The second kappa shape index (κ2) is 9.13. The third-order valence-electron chi connectivity index (χ3n) is 2.83. The summed E-state index contributed by atoms with van der Waals surface area (Å²) < 4.78 is 5.39. The number of hydrogen-bond donors (Lipinski definition) is 2. The Balaban J connectivity index is 2.29.